The van der Waals surface area contributed by atoms with Crippen LogP contribution in [-0.4, -0.2) is 26.1 Å². The number of anilines is 2. The quantitative estimate of drug-likeness (QED) is 0.891. The molecule has 0 unspecified atom stereocenters. The Morgan fingerprint density at radius 2 is 1.88 bits per heavy atom. The van der Waals surface area contributed by atoms with E-state index in [1.54, 1.807) is 25.1 Å². The number of carbonyl (C=O) groups is 1. The fourth-order valence-corrected chi connectivity index (χ4v) is 4.71. The topological polar surface area (TPSA) is 66.5 Å². The van der Waals surface area contributed by atoms with Crippen molar-refractivity contribution in [3.63, 3.8) is 0 Å². The van der Waals surface area contributed by atoms with Crippen molar-refractivity contribution in [2.75, 3.05) is 15.4 Å². The molecule has 26 heavy (non-hydrogen) atoms. The van der Waals surface area contributed by atoms with Crippen molar-refractivity contribution < 1.29 is 13.2 Å². The molecule has 0 spiro atoms. The van der Waals surface area contributed by atoms with Gasteiger partial charge in [0.1, 0.15) is 0 Å². The molecule has 0 fully saturated rings. The number of rotatable bonds is 4. The van der Waals surface area contributed by atoms with Gasteiger partial charge >= 0.3 is 0 Å². The normalized spacial score (nSPS) is 16.5. The van der Waals surface area contributed by atoms with Gasteiger partial charge in [-0.2, -0.15) is 0 Å². The summed E-state index contributed by atoms with van der Waals surface area (Å²) >= 11 is 0. The van der Waals surface area contributed by atoms with Gasteiger partial charge < -0.3 is 5.32 Å². The Balaban J connectivity index is 1.86. The van der Waals surface area contributed by atoms with Crippen molar-refractivity contribution in [1.29, 1.82) is 0 Å². The highest BCUT2D eigenvalue weighted by atomic mass is 32.2. The summed E-state index contributed by atoms with van der Waals surface area (Å²) in [6.45, 7) is 7.57. The highest BCUT2D eigenvalue weighted by Gasteiger charge is 2.34. The molecule has 1 atom stereocenters. The minimum absolute atomic E-state index is 0.0613. The van der Waals surface area contributed by atoms with Crippen LogP contribution in [0.1, 0.15) is 40.9 Å². The molecule has 2 aromatic rings. The molecule has 0 radical (unpaired) electrons. The van der Waals surface area contributed by atoms with Gasteiger partial charge in [-0.15, -0.1) is 0 Å². The standard InChI is InChI=1S/C20H24N2O3S/c1-5-26(24,25)22-15(4)11-17-12-16(7-9-19(17)22)20(23)21-18-8-6-13(2)14(3)10-18/h6-10,12,15H,5,11H2,1-4H3,(H,21,23)/t15-/m0/s1. The molecule has 1 heterocycles. The van der Waals surface area contributed by atoms with E-state index >= 15 is 0 Å². The number of fused-ring (bicyclic) bond motifs is 1. The Kier molecular flexibility index (Phi) is 4.80. The summed E-state index contributed by atoms with van der Waals surface area (Å²) in [7, 11) is -3.32. The first-order valence-corrected chi connectivity index (χ1v) is 10.4. The summed E-state index contributed by atoms with van der Waals surface area (Å²) in [5, 5.41) is 2.91. The van der Waals surface area contributed by atoms with Crippen LogP contribution in [0.4, 0.5) is 11.4 Å². The van der Waals surface area contributed by atoms with E-state index in [1.165, 1.54) is 9.87 Å². The summed E-state index contributed by atoms with van der Waals surface area (Å²) in [6, 6.07) is 10.9. The Labute approximate surface area is 155 Å². The van der Waals surface area contributed by atoms with Gasteiger partial charge in [-0.05, 0) is 81.1 Å². The van der Waals surface area contributed by atoms with E-state index in [0.29, 0.717) is 17.7 Å². The number of nitrogens with zero attached hydrogens (tertiary/aromatic N) is 1. The molecule has 1 N–H and O–H groups in total. The van der Waals surface area contributed by atoms with Crippen molar-refractivity contribution >= 4 is 27.3 Å². The molecular formula is C20H24N2O3S. The van der Waals surface area contributed by atoms with Gasteiger partial charge in [0.15, 0.2) is 0 Å². The molecule has 6 heteroatoms. The number of nitrogens with one attached hydrogen (secondary N) is 1. The highest BCUT2D eigenvalue weighted by molar-refractivity contribution is 7.92. The monoisotopic (exact) mass is 372 g/mol. The zero-order chi connectivity index (χ0) is 19.1. The molecule has 0 aromatic heterocycles. The second kappa shape index (κ2) is 6.76. The van der Waals surface area contributed by atoms with Crippen molar-refractivity contribution in [3.8, 4) is 0 Å². The van der Waals surface area contributed by atoms with Crippen molar-refractivity contribution in [2.45, 2.75) is 40.2 Å². The van der Waals surface area contributed by atoms with Crippen molar-refractivity contribution in [3.05, 3.63) is 58.7 Å². The maximum Gasteiger partial charge on any atom is 0.255 e. The van der Waals surface area contributed by atoms with Gasteiger partial charge in [0.25, 0.3) is 5.91 Å². The van der Waals surface area contributed by atoms with E-state index < -0.39 is 10.0 Å². The Bertz CT molecular complexity index is 967. The van der Waals surface area contributed by atoms with Gasteiger partial charge in [0.2, 0.25) is 10.0 Å². The van der Waals surface area contributed by atoms with Crippen molar-refractivity contribution in [1.82, 2.24) is 0 Å². The lowest BCUT2D eigenvalue weighted by atomic mass is 10.1. The number of amides is 1. The molecule has 2 aromatic carbocycles. The number of carbonyl (C=O) groups excluding carboxylic acids is 1. The van der Waals surface area contributed by atoms with Gasteiger partial charge in [-0.3, -0.25) is 9.10 Å². The third-order valence-electron chi connectivity index (χ3n) is 4.92. The van der Waals surface area contributed by atoms with Gasteiger partial charge in [0, 0.05) is 17.3 Å². The average molecular weight is 372 g/mol. The van der Waals surface area contributed by atoms with Gasteiger partial charge in [-0.1, -0.05) is 6.07 Å². The van der Waals surface area contributed by atoms with Crippen LogP contribution in [0.25, 0.3) is 0 Å². The first-order chi connectivity index (χ1) is 12.2. The minimum Gasteiger partial charge on any atom is -0.322 e. The number of sulfonamides is 1. The first kappa shape index (κ1) is 18.5. The highest BCUT2D eigenvalue weighted by Crippen LogP contribution is 2.35. The summed E-state index contributed by atoms with van der Waals surface area (Å²) in [6.07, 6.45) is 0.610. The summed E-state index contributed by atoms with van der Waals surface area (Å²) in [5.41, 5.74) is 5.15. The van der Waals surface area contributed by atoms with Gasteiger partial charge in [0.05, 0.1) is 11.4 Å². The Hall–Kier alpha value is -2.34. The van der Waals surface area contributed by atoms with E-state index in [1.807, 2.05) is 39.0 Å². The number of hydrogen-bond acceptors (Lipinski definition) is 3. The third kappa shape index (κ3) is 3.33. The van der Waals surface area contributed by atoms with Crippen LogP contribution < -0.4 is 9.62 Å². The maximum atomic E-state index is 12.6. The number of hydrogen-bond donors (Lipinski definition) is 1. The smallest absolute Gasteiger partial charge is 0.255 e. The molecular weight excluding hydrogens is 348 g/mol. The maximum absolute atomic E-state index is 12.6. The molecule has 0 saturated carbocycles. The van der Waals surface area contributed by atoms with Gasteiger partial charge in [-0.25, -0.2) is 8.42 Å². The van der Waals surface area contributed by atoms with Crippen LogP contribution in [0.15, 0.2) is 36.4 Å². The van der Waals surface area contributed by atoms with Crippen LogP contribution in [0.2, 0.25) is 0 Å². The molecule has 1 aliphatic heterocycles. The third-order valence-corrected chi connectivity index (χ3v) is 6.81. The summed E-state index contributed by atoms with van der Waals surface area (Å²) in [5.74, 6) is -0.133. The largest absolute Gasteiger partial charge is 0.322 e. The lowest BCUT2D eigenvalue weighted by Gasteiger charge is -2.23. The Morgan fingerprint density at radius 3 is 2.54 bits per heavy atom. The van der Waals surface area contributed by atoms with E-state index in [-0.39, 0.29) is 17.7 Å². The molecule has 0 bridgehead atoms. The zero-order valence-electron chi connectivity index (χ0n) is 15.5. The van der Waals surface area contributed by atoms with Crippen molar-refractivity contribution in [2.24, 2.45) is 0 Å². The number of aryl methyl sites for hydroxylation is 2. The second-order valence-electron chi connectivity index (χ2n) is 6.85. The average Bonchev–Trinajstić information content (AvgIpc) is 2.93. The summed E-state index contributed by atoms with van der Waals surface area (Å²) in [4.78, 5) is 12.6. The predicted octanol–water partition coefficient (Wildman–Crippen LogP) is 3.66. The molecule has 5 nitrogen and oxygen atoms in total. The fraction of sp³-hybridized carbons (Fsp3) is 0.350. The molecule has 0 aliphatic carbocycles. The van der Waals surface area contributed by atoms with Crippen LogP contribution in [-0.2, 0) is 16.4 Å². The Morgan fingerprint density at radius 1 is 1.15 bits per heavy atom. The molecule has 1 amide bonds. The lowest BCUT2D eigenvalue weighted by molar-refractivity contribution is 0.102. The molecule has 138 valence electrons. The van der Waals surface area contributed by atoms with Crippen LogP contribution in [0, 0.1) is 13.8 Å². The predicted molar refractivity (Wildman–Crippen MR) is 105 cm³/mol. The van der Waals surface area contributed by atoms with E-state index in [2.05, 4.69) is 5.32 Å². The summed E-state index contributed by atoms with van der Waals surface area (Å²) < 4.78 is 26.2. The van der Waals surface area contributed by atoms with Crippen LogP contribution in [0.5, 0.6) is 0 Å². The van der Waals surface area contributed by atoms with E-state index in [0.717, 1.165) is 16.8 Å². The molecule has 3 rings (SSSR count). The van der Waals surface area contributed by atoms with E-state index in [4.69, 9.17) is 0 Å². The lowest BCUT2D eigenvalue weighted by Crippen LogP contribution is -2.36. The fourth-order valence-electron chi connectivity index (χ4n) is 3.33. The van der Waals surface area contributed by atoms with Crippen LogP contribution >= 0.6 is 0 Å². The SMILES string of the molecule is CCS(=O)(=O)N1c2ccc(C(=O)Nc3ccc(C)c(C)c3)cc2C[C@@H]1C. The molecule has 1 aliphatic rings. The minimum atomic E-state index is -3.32. The van der Waals surface area contributed by atoms with E-state index in [9.17, 15) is 13.2 Å². The first-order valence-electron chi connectivity index (χ1n) is 8.76. The second-order valence-corrected chi connectivity index (χ2v) is 8.98. The van der Waals surface area contributed by atoms with Crippen LogP contribution in [0.3, 0.4) is 0 Å². The zero-order valence-corrected chi connectivity index (χ0v) is 16.4. The molecule has 0 saturated heterocycles. The number of benzene rings is 2.